The number of nitrogens with two attached hydrogens (primary N) is 1. The Balaban J connectivity index is 2.78. The molecule has 0 fully saturated rings. The molecule has 42 valence electrons. The zero-order valence-electron chi connectivity index (χ0n) is 4.30. The van der Waals surface area contributed by atoms with Crippen molar-refractivity contribution in [3.8, 4) is 0 Å². The Morgan fingerprint density at radius 2 is 2.14 bits per heavy atom. The Kier molecular flexibility index (Phi) is 5.39. The van der Waals surface area contributed by atoms with Crippen LogP contribution in [0, 0.1) is 0 Å². The van der Waals surface area contributed by atoms with Gasteiger partial charge in [-0.15, -0.1) is 0 Å². The van der Waals surface area contributed by atoms with Crippen LogP contribution in [0.3, 0.4) is 0 Å². The average Bonchev–Trinajstić information content (AvgIpc) is 1.69. The molecule has 0 aromatic heterocycles. The van der Waals surface area contributed by atoms with E-state index in [0.29, 0.717) is 6.54 Å². The summed E-state index contributed by atoms with van der Waals surface area (Å²) in [6.45, 7) is 0.788. The molecule has 0 aliphatic heterocycles. The van der Waals surface area contributed by atoms with Crippen molar-refractivity contribution in [2.45, 2.75) is 6.42 Å². The van der Waals surface area contributed by atoms with E-state index in [0.717, 1.165) is 6.42 Å². The topological polar surface area (TPSA) is 46.2 Å². The van der Waals surface area contributed by atoms with Crippen LogP contribution in [0.2, 0.25) is 0 Å². The largest absolute Gasteiger partial charge is 0.392 e. The van der Waals surface area contributed by atoms with Gasteiger partial charge in [-0.3, -0.25) is 0 Å². The molecule has 0 aromatic carbocycles. The third-order valence-electron chi connectivity index (χ3n) is 0.605. The van der Waals surface area contributed by atoms with Crippen LogP contribution in [0.25, 0.3) is 0 Å². The molecule has 0 atom stereocenters. The lowest BCUT2D eigenvalue weighted by molar-refractivity contribution is 0.342. The van der Waals surface area contributed by atoms with Gasteiger partial charge in [0.15, 0.2) is 0 Å². The SMILES string of the molecule is NCC/C=C/CO. The van der Waals surface area contributed by atoms with E-state index in [1.807, 2.05) is 6.08 Å². The summed E-state index contributed by atoms with van der Waals surface area (Å²) in [6, 6.07) is 0. The highest BCUT2D eigenvalue weighted by Gasteiger charge is 1.68. The van der Waals surface area contributed by atoms with E-state index in [1.165, 1.54) is 0 Å². The number of hydrogen-bond donors (Lipinski definition) is 2. The maximum atomic E-state index is 8.17. The summed E-state index contributed by atoms with van der Waals surface area (Å²) in [5, 5.41) is 8.17. The summed E-state index contributed by atoms with van der Waals surface area (Å²) in [5.41, 5.74) is 5.14. The van der Waals surface area contributed by atoms with Crippen molar-refractivity contribution in [2.75, 3.05) is 13.2 Å². The molecule has 0 aliphatic carbocycles. The van der Waals surface area contributed by atoms with E-state index in [9.17, 15) is 0 Å². The van der Waals surface area contributed by atoms with Gasteiger partial charge in [0.25, 0.3) is 0 Å². The van der Waals surface area contributed by atoms with Gasteiger partial charge >= 0.3 is 0 Å². The van der Waals surface area contributed by atoms with Crippen molar-refractivity contribution in [1.82, 2.24) is 0 Å². The molecule has 0 unspecified atom stereocenters. The van der Waals surface area contributed by atoms with Gasteiger partial charge in [0.1, 0.15) is 0 Å². The monoisotopic (exact) mass is 101 g/mol. The second kappa shape index (κ2) is 5.66. The molecule has 0 aliphatic rings. The van der Waals surface area contributed by atoms with Gasteiger partial charge in [-0.25, -0.2) is 0 Å². The molecule has 0 aromatic rings. The second-order valence-corrected chi connectivity index (χ2v) is 1.23. The maximum absolute atomic E-state index is 8.17. The average molecular weight is 101 g/mol. The van der Waals surface area contributed by atoms with E-state index < -0.39 is 0 Å². The van der Waals surface area contributed by atoms with E-state index in [2.05, 4.69) is 0 Å². The second-order valence-electron chi connectivity index (χ2n) is 1.23. The minimum atomic E-state index is 0.125. The van der Waals surface area contributed by atoms with E-state index in [-0.39, 0.29) is 6.61 Å². The van der Waals surface area contributed by atoms with Gasteiger partial charge in [-0.2, -0.15) is 0 Å². The van der Waals surface area contributed by atoms with Crippen molar-refractivity contribution < 1.29 is 5.11 Å². The normalized spacial score (nSPS) is 10.6. The highest BCUT2D eigenvalue weighted by Crippen LogP contribution is 1.75. The first kappa shape index (κ1) is 6.66. The van der Waals surface area contributed by atoms with Gasteiger partial charge in [0.2, 0.25) is 0 Å². The standard InChI is InChI=1S/C5H11NO/c6-4-2-1-3-5-7/h1,3,7H,2,4-6H2/b3-1+. The smallest absolute Gasteiger partial charge is 0.0612 e. The van der Waals surface area contributed by atoms with Crippen LogP contribution in [0.4, 0.5) is 0 Å². The van der Waals surface area contributed by atoms with Crippen LogP contribution in [0.5, 0.6) is 0 Å². The first-order valence-electron chi connectivity index (χ1n) is 2.37. The first-order valence-corrected chi connectivity index (χ1v) is 2.37. The molecule has 0 rings (SSSR count). The molecule has 2 nitrogen and oxygen atoms in total. The third kappa shape index (κ3) is 5.66. The van der Waals surface area contributed by atoms with Crippen molar-refractivity contribution in [3.63, 3.8) is 0 Å². The summed E-state index contributed by atoms with van der Waals surface area (Å²) in [6.07, 6.45) is 4.41. The zero-order valence-corrected chi connectivity index (χ0v) is 4.30. The zero-order chi connectivity index (χ0) is 5.54. The van der Waals surface area contributed by atoms with Crippen molar-refractivity contribution >= 4 is 0 Å². The molecular weight excluding hydrogens is 90.1 g/mol. The van der Waals surface area contributed by atoms with Crippen molar-refractivity contribution in [3.05, 3.63) is 12.2 Å². The molecule has 2 heteroatoms. The summed E-state index contributed by atoms with van der Waals surface area (Å²) < 4.78 is 0. The lowest BCUT2D eigenvalue weighted by Crippen LogP contribution is -1.95. The number of aliphatic hydroxyl groups excluding tert-OH is 1. The summed E-state index contributed by atoms with van der Waals surface area (Å²) in [4.78, 5) is 0. The quantitative estimate of drug-likeness (QED) is 0.487. The van der Waals surface area contributed by atoms with Crippen LogP contribution in [-0.4, -0.2) is 18.3 Å². The predicted octanol–water partition coefficient (Wildman–Crippen LogP) is -0.116. The van der Waals surface area contributed by atoms with Crippen LogP contribution >= 0.6 is 0 Å². The summed E-state index contributed by atoms with van der Waals surface area (Å²) >= 11 is 0. The minimum Gasteiger partial charge on any atom is -0.392 e. The highest BCUT2D eigenvalue weighted by atomic mass is 16.2. The maximum Gasteiger partial charge on any atom is 0.0612 e. The minimum absolute atomic E-state index is 0.125. The van der Waals surface area contributed by atoms with Crippen LogP contribution in [-0.2, 0) is 0 Å². The number of hydrogen-bond acceptors (Lipinski definition) is 2. The van der Waals surface area contributed by atoms with Gasteiger partial charge in [-0.05, 0) is 13.0 Å². The van der Waals surface area contributed by atoms with E-state index in [4.69, 9.17) is 10.8 Å². The Hall–Kier alpha value is -0.340. The fourth-order valence-electron chi connectivity index (χ4n) is 0.289. The molecule has 0 heterocycles. The predicted molar refractivity (Wildman–Crippen MR) is 29.9 cm³/mol. The molecular formula is C5H11NO. The Labute approximate surface area is 43.6 Å². The Morgan fingerprint density at radius 1 is 1.43 bits per heavy atom. The lowest BCUT2D eigenvalue weighted by Gasteiger charge is -1.80. The molecule has 0 saturated heterocycles. The number of aliphatic hydroxyl groups is 1. The van der Waals surface area contributed by atoms with Gasteiger partial charge in [-0.1, -0.05) is 12.2 Å². The van der Waals surface area contributed by atoms with Crippen LogP contribution < -0.4 is 5.73 Å². The van der Waals surface area contributed by atoms with Crippen molar-refractivity contribution in [1.29, 1.82) is 0 Å². The van der Waals surface area contributed by atoms with E-state index >= 15 is 0 Å². The lowest BCUT2D eigenvalue weighted by atomic mass is 10.4. The fraction of sp³-hybridized carbons (Fsp3) is 0.600. The summed E-state index contributed by atoms with van der Waals surface area (Å²) in [7, 11) is 0. The molecule has 7 heavy (non-hydrogen) atoms. The summed E-state index contributed by atoms with van der Waals surface area (Å²) in [5.74, 6) is 0. The van der Waals surface area contributed by atoms with Crippen LogP contribution in [0.1, 0.15) is 6.42 Å². The van der Waals surface area contributed by atoms with Gasteiger partial charge in [0.05, 0.1) is 6.61 Å². The molecule has 0 saturated carbocycles. The van der Waals surface area contributed by atoms with Gasteiger partial charge < -0.3 is 10.8 Å². The van der Waals surface area contributed by atoms with E-state index in [1.54, 1.807) is 6.08 Å². The highest BCUT2D eigenvalue weighted by molar-refractivity contribution is 4.80. The molecule has 0 bridgehead atoms. The molecule has 3 N–H and O–H groups in total. The molecule has 0 amide bonds. The number of rotatable bonds is 3. The van der Waals surface area contributed by atoms with Gasteiger partial charge in [0, 0.05) is 0 Å². The fourth-order valence-corrected chi connectivity index (χ4v) is 0.289. The molecule has 0 spiro atoms. The van der Waals surface area contributed by atoms with Crippen molar-refractivity contribution in [2.24, 2.45) is 5.73 Å². The van der Waals surface area contributed by atoms with Crippen LogP contribution in [0.15, 0.2) is 12.2 Å². The first-order chi connectivity index (χ1) is 3.41. The Bertz CT molecular complexity index is 52.0. The molecule has 0 radical (unpaired) electrons. The Morgan fingerprint density at radius 3 is 2.57 bits per heavy atom. The third-order valence-corrected chi connectivity index (χ3v) is 0.605.